The third-order valence-corrected chi connectivity index (χ3v) is 3.62. The molecule has 0 bridgehead atoms. The molecule has 0 aromatic heterocycles. The molecule has 0 N–H and O–H groups in total. The molecular formula is C12H20BNO. The van der Waals surface area contributed by atoms with Crippen LogP contribution < -0.4 is 0 Å². The van der Waals surface area contributed by atoms with E-state index in [1.807, 2.05) is 0 Å². The predicted octanol–water partition coefficient (Wildman–Crippen LogP) is 3.15. The second kappa shape index (κ2) is 5.04. The molecule has 1 saturated carbocycles. The fourth-order valence-corrected chi connectivity index (χ4v) is 2.72. The Kier molecular flexibility index (Phi) is 3.71. The summed E-state index contributed by atoms with van der Waals surface area (Å²) in [5.41, 5.74) is 0.661. The van der Waals surface area contributed by atoms with Crippen LogP contribution in [0.2, 0.25) is 0 Å². The lowest BCUT2D eigenvalue weighted by Gasteiger charge is -2.27. The molecule has 82 valence electrons. The molecule has 0 aromatic rings. The molecule has 2 rings (SSSR count). The Balaban J connectivity index is 1.90. The minimum atomic E-state index is -0.0264. The van der Waals surface area contributed by atoms with Crippen LogP contribution in [-0.2, 0) is 4.84 Å². The maximum Gasteiger partial charge on any atom is 0.142 e. The van der Waals surface area contributed by atoms with Crippen LogP contribution in [-0.4, -0.2) is 19.1 Å². The molecule has 1 aliphatic heterocycles. The van der Waals surface area contributed by atoms with Gasteiger partial charge in [-0.05, 0) is 25.7 Å². The Morgan fingerprint density at radius 3 is 1.93 bits per heavy atom. The maximum absolute atomic E-state index is 5.73. The third kappa shape index (κ3) is 2.99. The van der Waals surface area contributed by atoms with Crippen molar-refractivity contribution in [3.8, 4) is 0 Å². The first kappa shape index (κ1) is 11.0. The van der Waals surface area contributed by atoms with Gasteiger partial charge in [0.2, 0.25) is 0 Å². The number of nitrogens with zero attached hydrogens (tertiary/aromatic N) is 1. The smallest absolute Gasteiger partial charge is 0.142 e. The largest absolute Gasteiger partial charge is 0.390 e. The normalized spacial score (nSPS) is 27.1. The van der Waals surface area contributed by atoms with E-state index >= 15 is 0 Å². The van der Waals surface area contributed by atoms with E-state index < -0.39 is 0 Å². The molecule has 0 saturated heterocycles. The summed E-state index contributed by atoms with van der Waals surface area (Å²) in [4.78, 5) is 5.59. The van der Waals surface area contributed by atoms with Crippen molar-refractivity contribution in [2.75, 3.05) is 0 Å². The molecule has 0 amide bonds. The van der Waals surface area contributed by atoms with Gasteiger partial charge in [-0.2, -0.15) is 0 Å². The fourth-order valence-electron chi connectivity index (χ4n) is 2.72. The SMILES string of the molecule is [B]C1=NOC2(CCCCCCCCC2)C1. The Morgan fingerprint density at radius 1 is 0.933 bits per heavy atom. The van der Waals surface area contributed by atoms with E-state index in [0.717, 1.165) is 19.3 Å². The minimum absolute atomic E-state index is 0.0264. The molecular weight excluding hydrogens is 185 g/mol. The summed E-state index contributed by atoms with van der Waals surface area (Å²) >= 11 is 0. The van der Waals surface area contributed by atoms with Gasteiger partial charge in [-0.15, -0.1) is 5.16 Å². The van der Waals surface area contributed by atoms with Gasteiger partial charge in [0.25, 0.3) is 0 Å². The van der Waals surface area contributed by atoms with Crippen LogP contribution in [0.15, 0.2) is 5.16 Å². The predicted molar refractivity (Wildman–Crippen MR) is 63.2 cm³/mol. The molecule has 2 aliphatic rings. The second-order valence-corrected chi connectivity index (χ2v) is 5.01. The van der Waals surface area contributed by atoms with E-state index in [1.165, 1.54) is 44.9 Å². The van der Waals surface area contributed by atoms with Crippen molar-refractivity contribution < 1.29 is 4.84 Å². The van der Waals surface area contributed by atoms with E-state index in [1.54, 1.807) is 0 Å². The van der Waals surface area contributed by atoms with Crippen LogP contribution in [0, 0.1) is 0 Å². The first-order valence-electron chi connectivity index (χ1n) is 6.31. The Labute approximate surface area is 93.9 Å². The van der Waals surface area contributed by atoms with E-state index in [9.17, 15) is 0 Å². The molecule has 0 aromatic carbocycles. The molecule has 3 heteroatoms. The lowest BCUT2D eigenvalue weighted by Crippen LogP contribution is -2.29. The third-order valence-electron chi connectivity index (χ3n) is 3.62. The van der Waals surface area contributed by atoms with Crippen LogP contribution in [0.4, 0.5) is 0 Å². The summed E-state index contributed by atoms with van der Waals surface area (Å²) in [5, 5.41) is 3.93. The lowest BCUT2D eigenvalue weighted by molar-refractivity contribution is -0.0355. The van der Waals surface area contributed by atoms with Gasteiger partial charge >= 0.3 is 0 Å². The number of hydrogen-bond acceptors (Lipinski definition) is 2. The monoisotopic (exact) mass is 205 g/mol. The highest BCUT2D eigenvalue weighted by Crippen LogP contribution is 2.35. The van der Waals surface area contributed by atoms with Crippen molar-refractivity contribution in [2.45, 2.75) is 69.8 Å². The van der Waals surface area contributed by atoms with Gasteiger partial charge in [-0.3, -0.25) is 0 Å². The van der Waals surface area contributed by atoms with Crippen molar-refractivity contribution in [3.05, 3.63) is 0 Å². The van der Waals surface area contributed by atoms with Crippen molar-refractivity contribution in [1.82, 2.24) is 0 Å². The number of oxime groups is 1. The van der Waals surface area contributed by atoms with Gasteiger partial charge in [0.15, 0.2) is 0 Å². The molecule has 1 spiro atoms. The first-order valence-corrected chi connectivity index (χ1v) is 6.31. The molecule has 0 atom stereocenters. The van der Waals surface area contributed by atoms with Gasteiger partial charge in [0.05, 0.1) is 0 Å². The van der Waals surface area contributed by atoms with Gasteiger partial charge in [0, 0.05) is 12.0 Å². The summed E-state index contributed by atoms with van der Waals surface area (Å²) in [5.74, 6) is 0. The van der Waals surface area contributed by atoms with E-state index in [0.29, 0.717) is 5.61 Å². The van der Waals surface area contributed by atoms with Crippen LogP contribution in [0.5, 0.6) is 0 Å². The van der Waals surface area contributed by atoms with Gasteiger partial charge in [0.1, 0.15) is 13.4 Å². The molecule has 2 nitrogen and oxygen atoms in total. The molecule has 2 radical (unpaired) electrons. The van der Waals surface area contributed by atoms with Crippen LogP contribution in [0.25, 0.3) is 0 Å². The fraction of sp³-hybridized carbons (Fsp3) is 0.917. The van der Waals surface area contributed by atoms with Crippen LogP contribution >= 0.6 is 0 Å². The summed E-state index contributed by atoms with van der Waals surface area (Å²) in [6, 6.07) is 0. The average Bonchev–Trinajstić information content (AvgIpc) is 2.59. The Bertz CT molecular complexity index is 230. The van der Waals surface area contributed by atoms with Gasteiger partial charge < -0.3 is 4.84 Å². The lowest BCUT2D eigenvalue weighted by atomic mass is 9.81. The summed E-state index contributed by atoms with van der Waals surface area (Å²) in [6.45, 7) is 0. The van der Waals surface area contributed by atoms with E-state index in [4.69, 9.17) is 12.7 Å². The summed E-state index contributed by atoms with van der Waals surface area (Å²) < 4.78 is 0. The van der Waals surface area contributed by atoms with Crippen molar-refractivity contribution in [1.29, 1.82) is 0 Å². The topological polar surface area (TPSA) is 21.6 Å². The zero-order valence-corrected chi connectivity index (χ0v) is 9.50. The molecule has 1 heterocycles. The Morgan fingerprint density at radius 2 is 1.47 bits per heavy atom. The molecule has 1 aliphatic carbocycles. The van der Waals surface area contributed by atoms with E-state index in [2.05, 4.69) is 5.16 Å². The van der Waals surface area contributed by atoms with Crippen LogP contribution in [0.1, 0.15) is 64.2 Å². The van der Waals surface area contributed by atoms with Crippen LogP contribution in [0.3, 0.4) is 0 Å². The van der Waals surface area contributed by atoms with Crippen molar-refractivity contribution in [3.63, 3.8) is 0 Å². The van der Waals surface area contributed by atoms with Gasteiger partial charge in [-0.25, -0.2) is 0 Å². The van der Waals surface area contributed by atoms with E-state index in [-0.39, 0.29) is 5.60 Å². The summed E-state index contributed by atoms with van der Waals surface area (Å²) in [6.07, 6.45) is 12.5. The highest BCUT2D eigenvalue weighted by atomic mass is 16.7. The zero-order chi connectivity index (χ0) is 10.6. The minimum Gasteiger partial charge on any atom is -0.390 e. The number of rotatable bonds is 0. The van der Waals surface area contributed by atoms with Gasteiger partial charge in [-0.1, -0.05) is 32.1 Å². The maximum atomic E-state index is 5.73. The standard InChI is InChI=1S/C12H20BNO/c13-11-10-12(15-14-11)8-6-4-2-1-3-5-7-9-12/h1-10H2. The number of hydrogen-bond donors (Lipinski definition) is 0. The Hall–Kier alpha value is -0.465. The second-order valence-electron chi connectivity index (χ2n) is 5.01. The van der Waals surface area contributed by atoms with Crippen molar-refractivity contribution >= 4 is 13.5 Å². The quantitative estimate of drug-likeness (QED) is 0.556. The zero-order valence-electron chi connectivity index (χ0n) is 9.50. The average molecular weight is 205 g/mol. The summed E-state index contributed by atoms with van der Waals surface area (Å²) in [7, 11) is 5.73. The molecule has 1 fully saturated rings. The van der Waals surface area contributed by atoms with Crippen molar-refractivity contribution in [2.24, 2.45) is 5.16 Å². The highest BCUT2D eigenvalue weighted by molar-refractivity contribution is 6.59. The molecule has 15 heavy (non-hydrogen) atoms. The highest BCUT2D eigenvalue weighted by Gasteiger charge is 2.36. The first-order chi connectivity index (χ1) is 7.31. The molecule has 0 unspecified atom stereocenters.